The van der Waals surface area contributed by atoms with Gasteiger partial charge in [-0.3, -0.25) is 95.9 Å². The van der Waals surface area contributed by atoms with Crippen LogP contribution in [0.25, 0.3) is 0 Å². The Labute approximate surface area is 720 Å². The van der Waals surface area contributed by atoms with Crippen LogP contribution >= 0.6 is 0 Å². The summed E-state index contributed by atoms with van der Waals surface area (Å²) in [7, 11) is 0. The van der Waals surface area contributed by atoms with Crippen LogP contribution in [-0.4, -0.2) is 246 Å². The standard InChI is InChI=1S/C81H140N20O22/c1-27-80(25,71(121)90-47(31-33-53(82)103)59(108)89-51(65(114)115)38-43(7)8)100-70(120)78(21,22)96-62(111)50(37-42(5)6)88-63(112)52-30-29-35-101(52)73(123)79(23,24)97-61(110)49(36-41(3)4)87-56(106)40-85-67(117)75(15,16)98-64(113)57(44(9)10)92-68(118)76(17,18)95-60(109)48(32-34-54(83)104)91-72(122)81(26,28-2)99-69(119)77(19,20)94-58(107)45(11)86-55(105)39-84-66(116)74(13,14)93-46(12)102/h41-45,47-52,57H,27-40H2,1-26H3,(H2,82,103)(H2,83,104)(H,84,116)(H,85,117)(H,86,105)(H,87,106)(H,88,112)(H,89,108)(H,90,121)(H,91,122)(H,92,118)(H,93,102)(H,94,107)(H,95,109)(H,96,111)(H,97,110)(H,98,113)(H,99,119)(H,100,120)(H,114,115)/t45-,47-,48-,49-,50-,51-,52-,57-,80-,81-/m0/s1. The lowest BCUT2D eigenvalue weighted by molar-refractivity contribution is -0.145. The Balaban J connectivity index is 3.24. The minimum Gasteiger partial charge on any atom is -0.480 e. The van der Waals surface area contributed by atoms with E-state index in [0.717, 1.165) is 0 Å². The molecular formula is C81H140N20O22. The summed E-state index contributed by atoms with van der Waals surface area (Å²) in [5, 5.41) is 52.9. The molecule has 0 saturated carbocycles. The number of aliphatic carboxylic acids is 1. The molecule has 42 heteroatoms. The molecule has 0 radical (unpaired) electrons. The van der Waals surface area contributed by atoms with E-state index in [4.69, 9.17) is 11.5 Å². The van der Waals surface area contributed by atoms with Crippen LogP contribution in [0.15, 0.2) is 0 Å². The fraction of sp³-hybridized carbons (Fsp3) is 0.741. The van der Waals surface area contributed by atoms with E-state index in [2.05, 4.69) is 90.4 Å². The SMILES string of the molecule is CC[C@](C)(NC(=O)C(C)(C)NC(=O)[C@H](C)NC(=O)CNC(=O)C(C)(C)NC(C)=O)C(=O)N[C@@H](CCC(N)=O)C(=O)NC(C)(C)C(=O)N[C@H](C(=O)NC(C)(C)C(=O)NCC(=O)N[C@@H](CC(C)C)C(=O)NC(C)(C)C(=O)N1CCC[C@H]1C(=O)N[C@@H](CC(C)C)C(=O)NC(C)(C)C(=O)N[C@@](C)(CC)C(=O)N[C@@H](CCC(N)=O)C(=O)N[C@@H](CC(C)C)C(=O)O)C(C)C. The van der Waals surface area contributed by atoms with Gasteiger partial charge < -0.3 is 112 Å². The molecule has 0 aromatic rings. The van der Waals surface area contributed by atoms with E-state index in [1.165, 1.54) is 123 Å². The zero-order valence-corrected chi connectivity index (χ0v) is 76.5. The zero-order valence-electron chi connectivity index (χ0n) is 76.5. The van der Waals surface area contributed by atoms with Crippen molar-refractivity contribution in [1.82, 2.24) is 95.3 Å². The Morgan fingerprint density at radius 1 is 0.382 bits per heavy atom. The van der Waals surface area contributed by atoms with Gasteiger partial charge in [-0.1, -0.05) is 69.2 Å². The second-order valence-electron chi connectivity index (χ2n) is 36.7. The number of rotatable bonds is 50. The van der Waals surface area contributed by atoms with Crippen molar-refractivity contribution in [3.05, 3.63) is 0 Å². The predicted molar refractivity (Wildman–Crippen MR) is 450 cm³/mol. The monoisotopic (exact) mass is 1750 g/mol. The van der Waals surface area contributed by atoms with Crippen molar-refractivity contribution in [2.75, 3.05) is 19.6 Å². The number of nitrogens with zero attached hydrogens (tertiary/aromatic N) is 1. The third-order valence-electron chi connectivity index (χ3n) is 20.5. The molecule has 10 atom stereocenters. The fourth-order valence-electron chi connectivity index (χ4n) is 12.4. The molecule has 0 bridgehead atoms. The van der Waals surface area contributed by atoms with Crippen LogP contribution in [-0.2, 0) is 101 Å². The van der Waals surface area contributed by atoms with E-state index in [-0.39, 0.29) is 75.7 Å². The van der Waals surface area contributed by atoms with E-state index < -0.39 is 249 Å². The number of amides is 20. The molecule has 1 aliphatic rings. The van der Waals surface area contributed by atoms with Crippen molar-refractivity contribution in [3.63, 3.8) is 0 Å². The topological polar surface area (TPSA) is 638 Å². The van der Waals surface area contributed by atoms with Gasteiger partial charge in [0.15, 0.2) is 0 Å². The zero-order chi connectivity index (χ0) is 95.6. The summed E-state index contributed by atoms with van der Waals surface area (Å²) < 4.78 is 0. The highest BCUT2D eigenvalue weighted by Gasteiger charge is 2.48. The Kier molecular flexibility index (Phi) is 41.4. The summed E-state index contributed by atoms with van der Waals surface area (Å²) in [5.74, 6) is -19.3. The molecule has 20 amide bonds. The van der Waals surface area contributed by atoms with Crippen LogP contribution in [0.5, 0.6) is 0 Å². The van der Waals surface area contributed by atoms with Crippen molar-refractivity contribution >= 4 is 124 Å². The van der Waals surface area contributed by atoms with E-state index in [0.29, 0.717) is 6.42 Å². The van der Waals surface area contributed by atoms with Crippen molar-refractivity contribution < 1.29 is 106 Å². The van der Waals surface area contributed by atoms with Gasteiger partial charge >= 0.3 is 5.97 Å². The number of likely N-dealkylation sites (tertiary alicyclic amines) is 1. The van der Waals surface area contributed by atoms with Crippen molar-refractivity contribution in [1.29, 1.82) is 0 Å². The molecular weight excluding hydrogens is 1610 g/mol. The molecule has 1 rings (SSSR count). The number of carbonyl (C=O) groups is 21. The molecule has 0 spiro atoms. The molecule has 123 heavy (non-hydrogen) atoms. The summed E-state index contributed by atoms with van der Waals surface area (Å²) >= 11 is 0. The van der Waals surface area contributed by atoms with Crippen molar-refractivity contribution in [2.45, 2.75) is 343 Å². The molecule has 1 fully saturated rings. The van der Waals surface area contributed by atoms with Crippen LogP contribution in [0.2, 0.25) is 0 Å². The van der Waals surface area contributed by atoms with Gasteiger partial charge in [0.05, 0.1) is 13.1 Å². The maximum Gasteiger partial charge on any atom is 0.326 e. The lowest BCUT2D eigenvalue weighted by atomic mass is 9.93. The number of carboxylic acid groups (broad SMARTS) is 1. The van der Waals surface area contributed by atoms with Crippen molar-refractivity contribution in [2.24, 2.45) is 35.1 Å². The van der Waals surface area contributed by atoms with E-state index in [1.54, 1.807) is 62.3 Å². The van der Waals surface area contributed by atoms with Gasteiger partial charge in [-0.15, -0.1) is 0 Å². The first-order valence-corrected chi connectivity index (χ1v) is 41.4. The molecule has 0 aromatic heterocycles. The van der Waals surface area contributed by atoms with Crippen molar-refractivity contribution in [3.8, 4) is 0 Å². The Morgan fingerprint density at radius 2 is 0.740 bits per heavy atom. The van der Waals surface area contributed by atoms with Gasteiger partial charge in [0, 0.05) is 26.3 Å². The van der Waals surface area contributed by atoms with Gasteiger partial charge in [0.2, 0.25) is 118 Å². The minimum absolute atomic E-state index is 0.0248. The number of carbonyl (C=O) groups excluding carboxylic acids is 20. The van der Waals surface area contributed by atoms with Crippen LogP contribution in [0, 0.1) is 23.7 Å². The smallest absolute Gasteiger partial charge is 0.326 e. The number of hydrogen-bond donors (Lipinski definition) is 20. The first-order chi connectivity index (χ1) is 56.1. The molecule has 0 unspecified atom stereocenters. The molecule has 1 saturated heterocycles. The van der Waals surface area contributed by atoms with E-state index in [9.17, 15) is 106 Å². The molecule has 0 aromatic carbocycles. The van der Waals surface area contributed by atoms with Gasteiger partial charge in [0.1, 0.15) is 92.6 Å². The third-order valence-corrected chi connectivity index (χ3v) is 20.5. The number of nitrogens with two attached hydrogens (primary N) is 2. The maximum atomic E-state index is 14.6. The van der Waals surface area contributed by atoms with Crippen LogP contribution < -0.4 is 102 Å². The normalized spacial score (nSPS) is 15.9. The lowest BCUT2D eigenvalue weighted by Gasteiger charge is -2.36. The molecule has 22 N–H and O–H groups in total. The third kappa shape index (κ3) is 35.3. The molecule has 1 heterocycles. The summed E-state index contributed by atoms with van der Waals surface area (Å²) in [6, 6.07) is -10.8. The minimum atomic E-state index is -1.90. The first-order valence-electron chi connectivity index (χ1n) is 41.4. The molecule has 42 nitrogen and oxygen atoms in total. The average molecular weight is 1750 g/mol. The largest absolute Gasteiger partial charge is 0.480 e. The van der Waals surface area contributed by atoms with Gasteiger partial charge in [0.25, 0.3) is 0 Å². The van der Waals surface area contributed by atoms with Crippen LogP contribution in [0.4, 0.5) is 0 Å². The number of hydrogen-bond acceptors (Lipinski definition) is 21. The fourth-order valence-corrected chi connectivity index (χ4v) is 12.4. The summed E-state index contributed by atoms with van der Waals surface area (Å²) in [4.78, 5) is 284. The number of nitrogens with one attached hydrogen (secondary N) is 17. The second kappa shape index (κ2) is 46.4. The Morgan fingerprint density at radius 3 is 1.14 bits per heavy atom. The highest BCUT2D eigenvalue weighted by atomic mass is 16.4. The molecule has 696 valence electrons. The highest BCUT2D eigenvalue weighted by Crippen LogP contribution is 2.25. The lowest BCUT2D eigenvalue weighted by Crippen LogP contribution is -2.67. The summed E-state index contributed by atoms with van der Waals surface area (Å²) in [6.45, 7) is 36.8. The number of carboxylic acids is 1. The van der Waals surface area contributed by atoms with E-state index in [1.807, 2.05) is 0 Å². The van der Waals surface area contributed by atoms with Crippen LogP contribution in [0.1, 0.15) is 251 Å². The quantitative estimate of drug-likeness (QED) is 0.0288. The van der Waals surface area contributed by atoms with Gasteiger partial charge in [-0.25, -0.2) is 4.79 Å². The van der Waals surface area contributed by atoms with Gasteiger partial charge in [-0.05, 0) is 185 Å². The summed E-state index contributed by atoms with van der Waals surface area (Å²) in [5.41, 5.74) is -3.14. The van der Waals surface area contributed by atoms with E-state index >= 15 is 0 Å². The Bertz CT molecular complexity index is 3910. The van der Waals surface area contributed by atoms with Gasteiger partial charge in [-0.2, -0.15) is 0 Å². The predicted octanol–water partition coefficient (Wildman–Crippen LogP) is -3.01. The van der Waals surface area contributed by atoms with Crippen LogP contribution in [0.3, 0.4) is 0 Å². The highest BCUT2D eigenvalue weighted by molar-refractivity contribution is 6.04. The second-order valence-corrected chi connectivity index (χ2v) is 36.7. The summed E-state index contributed by atoms with van der Waals surface area (Å²) in [6.07, 6.45) is -1.13. The molecule has 0 aliphatic carbocycles. The Hall–Kier alpha value is -11.1. The first kappa shape index (κ1) is 110. The number of primary amides is 2. The molecule has 1 aliphatic heterocycles. The average Bonchev–Trinajstić information content (AvgIpc) is 1.61. The maximum absolute atomic E-state index is 14.6.